The van der Waals surface area contributed by atoms with E-state index in [0.29, 0.717) is 6.54 Å². The van der Waals surface area contributed by atoms with Gasteiger partial charge in [0, 0.05) is 31.5 Å². The molecule has 0 aliphatic heterocycles. The Bertz CT molecular complexity index is 791. The van der Waals surface area contributed by atoms with Gasteiger partial charge in [0.1, 0.15) is 0 Å². The van der Waals surface area contributed by atoms with Crippen molar-refractivity contribution in [1.29, 1.82) is 0 Å². The maximum absolute atomic E-state index is 12.2. The van der Waals surface area contributed by atoms with Crippen LogP contribution in [0.4, 0.5) is 0 Å². The molecule has 0 spiro atoms. The molecule has 2 rings (SSSR count). The number of rotatable bonds is 8. The minimum absolute atomic E-state index is 0.0752. The number of carbonyl (C=O) groups is 1. The van der Waals surface area contributed by atoms with Crippen LogP contribution in [0.25, 0.3) is 0 Å². The molecule has 25 heavy (non-hydrogen) atoms. The number of amides is 1. The van der Waals surface area contributed by atoms with Gasteiger partial charge in [-0.2, -0.15) is 0 Å². The van der Waals surface area contributed by atoms with E-state index < -0.39 is 10.0 Å². The fraction of sp³-hybridized carbons (Fsp3) is 0.278. The lowest BCUT2D eigenvalue weighted by Gasteiger charge is -2.17. The summed E-state index contributed by atoms with van der Waals surface area (Å²) in [5, 5.41) is 0. The predicted octanol–water partition coefficient (Wildman–Crippen LogP) is 2.74. The average Bonchev–Trinajstić information content (AvgIpc) is 2.63. The zero-order valence-electron chi connectivity index (χ0n) is 14.3. The van der Waals surface area contributed by atoms with Gasteiger partial charge in [-0.15, -0.1) is 11.8 Å². The van der Waals surface area contributed by atoms with Crippen LogP contribution in [0.2, 0.25) is 0 Å². The van der Waals surface area contributed by atoms with Gasteiger partial charge in [-0.1, -0.05) is 30.3 Å². The molecule has 1 N–H and O–H groups in total. The lowest BCUT2D eigenvalue weighted by molar-refractivity contribution is -0.130. The summed E-state index contributed by atoms with van der Waals surface area (Å²) in [5.74, 6) is -0.107. The molecule has 0 saturated heterocycles. The second-order valence-corrected chi connectivity index (χ2v) is 8.21. The lowest BCUT2D eigenvalue weighted by Crippen LogP contribution is -2.31. The zero-order chi connectivity index (χ0) is 18.3. The van der Waals surface area contributed by atoms with E-state index in [2.05, 4.69) is 4.72 Å². The summed E-state index contributed by atoms with van der Waals surface area (Å²) in [5.41, 5.74) is 1.04. The summed E-state index contributed by atoms with van der Waals surface area (Å²) in [6.45, 7) is 0.574. The Balaban J connectivity index is 1.83. The normalized spacial score (nSPS) is 11.3. The smallest absolute Gasteiger partial charge is 0.240 e. The number of nitrogens with one attached hydrogen (secondary N) is 1. The van der Waals surface area contributed by atoms with Crippen LogP contribution in [0, 0.1) is 0 Å². The van der Waals surface area contributed by atoms with Gasteiger partial charge in [-0.05, 0) is 36.1 Å². The Hall–Kier alpha value is -1.83. The molecule has 0 radical (unpaired) electrons. The first-order valence-electron chi connectivity index (χ1n) is 7.84. The van der Waals surface area contributed by atoms with Crippen molar-refractivity contribution in [3.63, 3.8) is 0 Å². The van der Waals surface area contributed by atoms with Crippen LogP contribution in [0.15, 0.2) is 64.4 Å². The molecular formula is C18H22N2O3S2. The van der Waals surface area contributed by atoms with Gasteiger partial charge < -0.3 is 4.90 Å². The van der Waals surface area contributed by atoms with Crippen molar-refractivity contribution in [1.82, 2.24) is 9.62 Å². The van der Waals surface area contributed by atoms with Gasteiger partial charge in [0.25, 0.3) is 0 Å². The second-order valence-electron chi connectivity index (χ2n) is 5.56. The standard InChI is InChI=1S/C18H22N2O3S2/c1-20(14-15-8-10-16(24-2)11-9-15)18(21)12-13-19-25(22,23)17-6-4-3-5-7-17/h3-11,19H,12-14H2,1-2H3. The topological polar surface area (TPSA) is 66.5 Å². The number of sulfonamides is 1. The first-order chi connectivity index (χ1) is 11.9. The van der Waals surface area contributed by atoms with E-state index in [4.69, 9.17) is 0 Å². The quantitative estimate of drug-likeness (QED) is 0.717. The minimum Gasteiger partial charge on any atom is -0.341 e. The molecule has 0 atom stereocenters. The average molecular weight is 379 g/mol. The summed E-state index contributed by atoms with van der Waals surface area (Å²) >= 11 is 1.67. The molecule has 0 aliphatic rings. The summed E-state index contributed by atoms with van der Waals surface area (Å²) < 4.78 is 26.7. The Morgan fingerprint density at radius 3 is 2.32 bits per heavy atom. The molecule has 2 aromatic rings. The molecule has 0 aliphatic carbocycles. The third-order valence-corrected chi connectivity index (χ3v) is 5.91. The highest BCUT2D eigenvalue weighted by molar-refractivity contribution is 7.98. The molecule has 0 bridgehead atoms. The Kier molecular flexibility index (Phi) is 7.04. The molecule has 0 heterocycles. The fourth-order valence-corrected chi connectivity index (χ4v) is 3.72. The van der Waals surface area contributed by atoms with Gasteiger partial charge in [0.2, 0.25) is 15.9 Å². The van der Waals surface area contributed by atoms with Crippen molar-refractivity contribution in [2.24, 2.45) is 0 Å². The van der Waals surface area contributed by atoms with Crippen LogP contribution in [-0.4, -0.2) is 39.1 Å². The summed E-state index contributed by atoms with van der Waals surface area (Å²) in [6.07, 6.45) is 2.13. The van der Waals surface area contributed by atoms with Crippen molar-refractivity contribution in [2.75, 3.05) is 19.8 Å². The highest BCUT2D eigenvalue weighted by Gasteiger charge is 2.15. The Labute approximate surface area is 153 Å². The second kappa shape index (κ2) is 9.03. The molecule has 0 aromatic heterocycles. The van der Waals surface area contributed by atoms with Crippen LogP contribution < -0.4 is 4.72 Å². The predicted molar refractivity (Wildman–Crippen MR) is 101 cm³/mol. The highest BCUT2D eigenvalue weighted by atomic mass is 32.2. The van der Waals surface area contributed by atoms with E-state index in [-0.39, 0.29) is 23.8 Å². The Morgan fingerprint density at radius 1 is 1.08 bits per heavy atom. The van der Waals surface area contributed by atoms with Crippen molar-refractivity contribution in [2.45, 2.75) is 22.8 Å². The monoisotopic (exact) mass is 378 g/mol. The molecule has 1 amide bonds. The maximum Gasteiger partial charge on any atom is 0.240 e. The number of thioether (sulfide) groups is 1. The number of carbonyl (C=O) groups excluding carboxylic acids is 1. The first-order valence-corrected chi connectivity index (χ1v) is 10.5. The van der Waals surface area contributed by atoms with Crippen molar-refractivity contribution < 1.29 is 13.2 Å². The van der Waals surface area contributed by atoms with Crippen LogP contribution >= 0.6 is 11.8 Å². The van der Waals surface area contributed by atoms with E-state index in [9.17, 15) is 13.2 Å². The summed E-state index contributed by atoms with van der Waals surface area (Å²) in [6, 6.07) is 16.2. The molecule has 0 unspecified atom stereocenters. The maximum atomic E-state index is 12.2. The van der Waals surface area contributed by atoms with Gasteiger partial charge in [-0.25, -0.2) is 13.1 Å². The van der Waals surface area contributed by atoms with Gasteiger partial charge in [-0.3, -0.25) is 4.79 Å². The van der Waals surface area contributed by atoms with Gasteiger partial charge in [0.15, 0.2) is 0 Å². The van der Waals surface area contributed by atoms with E-state index in [1.807, 2.05) is 30.5 Å². The number of nitrogens with zero attached hydrogens (tertiary/aromatic N) is 1. The van der Waals surface area contributed by atoms with Crippen LogP contribution in [-0.2, 0) is 21.4 Å². The zero-order valence-corrected chi connectivity index (χ0v) is 15.9. The largest absolute Gasteiger partial charge is 0.341 e. The van der Waals surface area contributed by atoms with Crippen LogP contribution in [0.1, 0.15) is 12.0 Å². The molecule has 2 aromatic carbocycles. The van der Waals surface area contributed by atoms with E-state index >= 15 is 0 Å². The fourth-order valence-electron chi connectivity index (χ4n) is 2.26. The molecule has 0 saturated carbocycles. The molecular weight excluding hydrogens is 356 g/mol. The first kappa shape index (κ1) is 19.5. The highest BCUT2D eigenvalue weighted by Crippen LogP contribution is 2.15. The van der Waals surface area contributed by atoms with Crippen molar-refractivity contribution >= 4 is 27.7 Å². The summed E-state index contributed by atoms with van der Waals surface area (Å²) in [7, 11) is -1.85. The van der Waals surface area contributed by atoms with Crippen LogP contribution in [0.5, 0.6) is 0 Å². The number of hydrogen-bond acceptors (Lipinski definition) is 4. The molecule has 134 valence electrons. The minimum atomic E-state index is -3.57. The lowest BCUT2D eigenvalue weighted by atomic mass is 10.2. The number of benzene rings is 2. The third-order valence-electron chi connectivity index (χ3n) is 3.69. The molecule has 0 fully saturated rings. The molecule has 5 nitrogen and oxygen atoms in total. The van der Waals surface area contributed by atoms with Gasteiger partial charge >= 0.3 is 0 Å². The number of hydrogen-bond donors (Lipinski definition) is 1. The van der Waals surface area contributed by atoms with E-state index in [0.717, 1.165) is 5.56 Å². The summed E-state index contributed by atoms with van der Waals surface area (Å²) in [4.78, 5) is 15.2. The third kappa shape index (κ3) is 5.88. The van der Waals surface area contributed by atoms with Gasteiger partial charge in [0.05, 0.1) is 4.90 Å². The van der Waals surface area contributed by atoms with E-state index in [1.165, 1.54) is 17.0 Å². The van der Waals surface area contributed by atoms with Crippen LogP contribution in [0.3, 0.4) is 0 Å². The SMILES string of the molecule is CSc1ccc(CN(C)C(=O)CCNS(=O)(=O)c2ccccc2)cc1. The van der Waals surface area contributed by atoms with Crippen molar-refractivity contribution in [3.05, 3.63) is 60.2 Å². The van der Waals surface area contributed by atoms with Crippen molar-refractivity contribution in [3.8, 4) is 0 Å². The van der Waals surface area contributed by atoms with E-state index in [1.54, 1.807) is 41.9 Å². The Morgan fingerprint density at radius 2 is 1.72 bits per heavy atom. The molecule has 7 heteroatoms.